The molecule has 0 aromatic heterocycles. The summed E-state index contributed by atoms with van der Waals surface area (Å²) in [6.45, 7) is 2.15. The molecule has 0 N–H and O–H groups in total. The molecule has 0 aliphatic heterocycles. The van der Waals surface area contributed by atoms with Crippen molar-refractivity contribution in [1.29, 1.82) is 0 Å². The molecule has 0 spiro atoms. The van der Waals surface area contributed by atoms with Gasteiger partial charge in [-0.25, -0.2) is 9.79 Å². The molecule has 15 heavy (non-hydrogen) atoms. The molecule has 0 saturated carbocycles. The Morgan fingerprint density at radius 1 is 1.33 bits per heavy atom. The lowest BCUT2D eigenvalue weighted by atomic mass is 10.3. The van der Waals surface area contributed by atoms with Crippen molar-refractivity contribution in [2.45, 2.75) is 13.0 Å². The number of methoxy groups -OCH3 is 1. The van der Waals surface area contributed by atoms with E-state index in [1.165, 1.54) is 6.08 Å². The van der Waals surface area contributed by atoms with E-state index in [0.717, 1.165) is 11.5 Å². The van der Waals surface area contributed by atoms with E-state index < -0.39 is 0 Å². The Bertz CT molecular complexity index is 341. The summed E-state index contributed by atoms with van der Waals surface area (Å²) in [5, 5.41) is 0. The van der Waals surface area contributed by atoms with Crippen LogP contribution in [0.5, 0.6) is 11.5 Å². The number of aliphatic imine (C=N–C) groups is 1. The Hall–Kier alpha value is -1.80. The first-order chi connectivity index (χ1) is 7.26. The van der Waals surface area contributed by atoms with Gasteiger partial charge in [0.15, 0.2) is 0 Å². The number of isocyanates is 1. The van der Waals surface area contributed by atoms with E-state index in [9.17, 15) is 4.79 Å². The highest BCUT2D eigenvalue weighted by atomic mass is 16.5. The van der Waals surface area contributed by atoms with Gasteiger partial charge in [-0.15, -0.1) is 0 Å². The van der Waals surface area contributed by atoms with Gasteiger partial charge >= 0.3 is 0 Å². The van der Waals surface area contributed by atoms with Gasteiger partial charge in [-0.05, 0) is 31.2 Å². The Morgan fingerprint density at radius 2 is 1.93 bits per heavy atom. The number of hydrogen-bond acceptors (Lipinski definition) is 4. The van der Waals surface area contributed by atoms with Crippen LogP contribution >= 0.6 is 0 Å². The monoisotopic (exact) mass is 207 g/mol. The third kappa shape index (κ3) is 3.83. The fraction of sp³-hybridized carbons (Fsp3) is 0.364. The molecule has 1 aromatic carbocycles. The second-order valence-electron chi connectivity index (χ2n) is 3.04. The average Bonchev–Trinajstić information content (AvgIpc) is 2.27. The molecule has 4 heteroatoms. The van der Waals surface area contributed by atoms with Crippen LogP contribution in [-0.2, 0) is 4.79 Å². The van der Waals surface area contributed by atoms with Crippen LogP contribution in [0.25, 0.3) is 0 Å². The molecule has 0 fully saturated rings. The highest BCUT2D eigenvalue weighted by Gasteiger charge is 2.02. The summed E-state index contributed by atoms with van der Waals surface area (Å²) in [5.41, 5.74) is 0. The zero-order chi connectivity index (χ0) is 11.1. The summed E-state index contributed by atoms with van der Waals surface area (Å²) in [7, 11) is 1.61. The smallest absolute Gasteiger partial charge is 0.235 e. The van der Waals surface area contributed by atoms with Crippen molar-refractivity contribution in [3.05, 3.63) is 24.3 Å². The normalized spacial score (nSPS) is 11.3. The summed E-state index contributed by atoms with van der Waals surface area (Å²) < 4.78 is 10.5. The van der Waals surface area contributed by atoms with Gasteiger partial charge in [-0.2, -0.15) is 0 Å². The third-order valence-corrected chi connectivity index (χ3v) is 1.81. The molecule has 0 aliphatic carbocycles. The quantitative estimate of drug-likeness (QED) is 0.546. The average molecular weight is 207 g/mol. The minimum absolute atomic E-state index is 0.139. The molecule has 0 radical (unpaired) electrons. The molecule has 0 amide bonds. The molecule has 0 heterocycles. The fourth-order valence-corrected chi connectivity index (χ4v) is 1.09. The number of ether oxygens (including phenoxy) is 2. The van der Waals surface area contributed by atoms with Gasteiger partial charge in [0.25, 0.3) is 0 Å². The number of hydrogen-bond donors (Lipinski definition) is 0. The lowest BCUT2D eigenvalue weighted by molar-refractivity contribution is 0.230. The number of benzene rings is 1. The minimum Gasteiger partial charge on any atom is -0.497 e. The molecule has 1 rings (SSSR count). The van der Waals surface area contributed by atoms with E-state index in [1.807, 2.05) is 19.1 Å². The lowest BCUT2D eigenvalue weighted by Gasteiger charge is -2.11. The van der Waals surface area contributed by atoms with Gasteiger partial charge in [-0.1, -0.05) is 0 Å². The van der Waals surface area contributed by atoms with Crippen LogP contribution in [0.4, 0.5) is 0 Å². The maximum Gasteiger partial charge on any atom is 0.235 e. The van der Waals surface area contributed by atoms with Crippen molar-refractivity contribution < 1.29 is 14.3 Å². The highest BCUT2D eigenvalue weighted by Crippen LogP contribution is 2.17. The van der Waals surface area contributed by atoms with E-state index in [4.69, 9.17) is 9.47 Å². The summed E-state index contributed by atoms with van der Waals surface area (Å²) in [5.74, 6) is 1.50. The molecule has 1 atom stereocenters. The van der Waals surface area contributed by atoms with Crippen molar-refractivity contribution in [1.82, 2.24) is 0 Å². The van der Waals surface area contributed by atoms with E-state index >= 15 is 0 Å². The van der Waals surface area contributed by atoms with Gasteiger partial charge in [-0.3, -0.25) is 0 Å². The summed E-state index contributed by atoms with van der Waals surface area (Å²) >= 11 is 0. The Morgan fingerprint density at radius 3 is 2.47 bits per heavy atom. The number of rotatable bonds is 5. The molecular formula is C11H13NO3. The van der Waals surface area contributed by atoms with Crippen LogP contribution in [0.2, 0.25) is 0 Å². The lowest BCUT2D eigenvalue weighted by Crippen LogP contribution is -2.15. The predicted molar refractivity (Wildman–Crippen MR) is 56.1 cm³/mol. The largest absolute Gasteiger partial charge is 0.497 e. The zero-order valence-electron chi connectivity index (χ0n) is 8.77. The summed E-state index contributed by atoms with van der Waals surface area (Å²) in [4.78, 5) is 13.3. The van der Waals surface area contributed by atoms with Crippen molar-refractivity contribution in [2.24, 2.45) is 4.99 Å². The Balaban J connectivity index is 2.52. The third-order valence-electron chi connectivity index (χ3n) is 1.81. The van der Waals surface area contributed by atoms with E-state index in [-0.39, 0.29) is 6.10 Å². The molecule has 4 nitrogen and oxygen atoms in total. The zero-order valence-corrected chi connectivity index (χ0v) is 8.77. The van der Waals surface area contributed by atoms with Crippen LogP contribution in [0.3, 0.4) is 0 Å². The first kappa shape index (κ1) is 11.3. The Kier molecular flexibility index (Phi) is 4.38. The van der Waals surface area contributed by atoms with Crippen LogP contribution in [-0.4, -0.2) is 25.8 Å². The van der Waals surface area contributed by atoms with E-state index in [2.05, 4.69) is 4.99 Å². The summed E-state index contributed by atoms with van der Waals surface area (Å²) in [6.07, 6.45) is 1.34. The van der Waals surface area contributed by atoms with Crippen LogP contribution in [0.1, 0.15) is 6.92 Å². The predicted octanol–water partition coefficient (Wildman–Crippen LogP) is 1.80. The van der Waals surface area contributed by atoms with Crippen LogP contribution in [0.15, 0.2) is 29.3 Å². The van der Waals surface area contributed by atoms with Gasteiger partial charge in [0, 0.05) is 0 Å². The molecule has 1 unspecified atom stereocenters. The molecular weight excluding hydrogens is 194 g/mol. The second-order valence-corrected chi connectivity index (χ2v) is 3.04. The first-order valence-electron chi connectivity index (χ1n) is 4.60. The van der Waals surface area contributed by atoms with Gasteiger partial charge in [0.05, 0.1) is 13.7 Å². The summed E-state index contributed by atoms with van der Waals surface area (Å²) in [6, 6.07) is 7.23. The molecule has 80 valence electrons. The topological polar surface area (TPSA) is 47.9 Å². The van der Waals surface area contributed by atoms with Crippen molar-refractivity contribution in [3.63, 3.8) is 0 Å². The maximum atomic E-state index is 9.88. The van der Waals surface area contributed by atoms with Gasteiger partial charge in [0.1, 0.15) is 17.6 Å². The molecule has 0 bridgehead atoms. The van der Waals surface area contributed by atoms with Crippen molar-refractivity contribution in [2.75, 3.05) is 13.7 Å². The van der Waals surface area contributed by atoms with Gasteiger partial charge < -0.3 is 9.47 Å². The van der Waals surface area contributed by atoms with Crippen LogP contribution < -0.4 is 9.47 Å². The van der Waals surface area contributed by atoms with E-state index in [0.29, 0.717) is 6.54 Å². The SMILES string of the molecule is COc1ccc(OC(C)CN=C=O)cc1. The minimum atomic E-state index is -0.139. The van der Waals surface area contributed by atoms with Crippen molar-refractivity contribution in [3.8, 4) is 11.5 Å². The highest BCUT2D eigenvalue weighted by molar-refractivity contribution is 5.33. The molecule has 0 aliphatic rings. The standard InChI is InChI=1S/C11H13NO3/c1-9(7-12-8-13)15-11-5-3-10(14-2)4-6-11/h3-6,9H,7H2,1-2H3. The number of carbonyl (C=O) groups excluding carboxylic acids is 1. The molecule has 1 aromatic rings. The second kappa shape index (κ2) is 5.83. The van der Waals surface area contributed by atoms with Crippen LogP contribution in [0, 0.1) is 0 Å². The van der Waals surface area contributed by atoms with E-state index in [1.54, 1.807) is 19.2 Å². The molecule has 0 saturated heterocycles. The van der Waals surface area contributed by atoms with Crippen molar-refractivity contribution >= 4 is 6.08 Å². The number of nitrogens with zero attached hydrogens (tertiary/aromatic N) is 1. The fourth-order valence-electron chi connectivity index (χ4n) is 1.09. The van der Waals surface area contributed by atoms with Gasteiger partial charge in [0.2, 0.25) is 6.08 Å². The Labute approximate surface area is 88.5 Å². The first-order valence-corrected chi connectivity index (χ1v) is 4.60. The maximum absolute atomic E-state index is 9.88.